The van der Waals surface area contributed by atoms with E-state index in [-0.39, 0.29) is 0 Å². The van der Waals surface area contributed by atoms with Crippen LogP contribution >= 0.6 is 22.6 Å². The summed E-state index contributed by atoms with van der Waals surface area (Å²) < 4.78 is 7.13. The molecule has 1 aliphatic rings. The Balaban J connectivity index is 1.54. The topological polar surface area (TPSA) is 21.3 Å². The van der Waals surface area contributed by atoms with Gasteiger partial charge in [0.25, 0.3) is 0 Å². The van der Waals surface area contributed by atoms with Crippen LogP contribution in [0.2, 0.25) is 0 Å². The molecule has 1 unspecified atom stereocenters. The van der Waals surface area contributed by atoms with Crippen LogP contribution < -0.4 is 10.1 Å². The number of ether oxygens (including phenoxy) is 1. The van der Waals surface area contributed by atoms with Gasteiger partial charge in [-0.05, 0) is 83.8 Å². The second kappa shape index (κ2) is 7.27. The molecule has 1 saturated heterocycles. The molecule has 0 aromatic heterocycles. The Morgan fingerprint density at radius 2 is 1.67 bits per heavy atom. The predicted molar refractivity (Wildman–Crippen MR) is 94.9 cm³/mol. The molecule has 1 atom stereocenters. The summed E-state index contributed by atoms with van der Waals surface area (Å²) in [5.74, 6) is 0.968. The van der Waals surface area contributed by atoms with Gasteiger partial charge in [0.1, 0.15) is 12.4 Å². The van der Waals surface area contributed by atoms with Gasteiger partial charge in [-0.25, -0.2) is 0 Å². The van der Waals surface area contributed by atoms with Crippen molar-refractivity contribution in [3.05, 3.63) is 63.2 Å². The highest BCUT2D eigenvalue weighted by Gasteiger charge is 2.14. The van der Waals surface area contributed by atoms with E-state index in [0.717, 1.165) is 25.3 Å². The summed E-state index contributed by atoms with van der Waals surface area (Å²) >= 11 is 2.34. The first-order valence-corrected chi connectivity index (χ1v) is 8.57. The first-order valence-electron chi connectivity index (χ1n) is 7.49. The highest BCUT2D eigenvalue weighted by Crippen LogP contribution is 2.17. The molecule has 2 nitrogen and oxygen atoms in total. The predicted octanol–water partition coefficient (Wildman–Crippen LogP) is 4.01. The average molecular weight is 393 g/mol. The molecule has 1 N–H and O–H groups in total. The monoisotopic (exact) mass is 393 g/mol. The molecule has 0 amide bonds. The van der Waals surface area contributed by atoms with E-state index >= 15 is 0 Å². The minimum atomic E-state index is 0.525. The molecule has 0 radical (unpaired) electrons. The molecule has 0 spiro atoms. The van der Waals surface area contributed by atoms with Crippen molar-refractivity contribution in [3.8, 4) is 5.75 Å². The van der Waals surface area contributed by atoms with Gasteiger partial charge in [-0.1, -0.05) is 24.3 Å². The Kier molecular flexibility index (Phi) is 5.14. The van der Waals surface area contributed by atoms with Crippen molar-refractivity contribution in [1.82, 2.24) is 5.32 Å². The van der Waals surface area contributed by atoms with Gasteiger partial charge in [-0.2, -0.15) is 0 Å². The molecule has 2 aromatic rings. The number of benzene rings is 2. The van der Waals surface area contributed by atoms with Gasteiger partial charge in [0.15, 0.2) is 0 Å². The molecule has 21 heavy (non-hydrogen) atoms. The van der Waals surface area contributed by atoms with E-state index in [1.54, 1.807) is 0 Å². The summed E-state index contributed by atoms with van der Waals surface area (Å²) in [5, 5.41) is 3.45. The Morgan fingerprint density at radius 1 is 1.00 bits per heavy atom. The number of rotatable bonds is 5. The number of halogens is 1. The first-order chi connectivity index (χ1) is 10.3. The lowest BCUT2D eigenvalue weighted by Gasteiger charge is -2.12. The lowest BCUT2D eigenvalue weighted by Crippen LogP contribution is -2.28. The number of nitrogens with one attached hydrogen (secondary N) is 1. The second-order valence-electron chi connectivity index (χ2n) is 5.55. The Morgan fingerprint density at radius 3 is 2.29 bits per heavy atom. The fraction of sp³-hybridized carbons (Fsp3) is 0.333. The molecule has 3 rings (SSSR count). The van der Waals surface area contributed by atoms with Crippen LogP contribution in [0.1, 0.15) is 24.0 Å². The molecule has 3 heteroatoms. The van der Waals surface area contributed by atoms with E-state index < -0.39 is 0 Å². The van der Waals surface area contributed by atoms with Gasteiger partial charge >= 0.3 is 0 Å². The molecule has 0 bridgehead atoms. The van der Waals surface area contributed by atoms with E-state index in [1.807, 2.05) is 0 Å². The van der Waals surface area contributed by atoms with Crippen molar-refractivity contribution >= 4 is 22.6 Å². The fourth-order valence-electron chi connectivity index (χ4n) is 2.64. The second-order valence-corrected chi connectivity index (χ2v) is 6.80. The lowest BCUT2D eigenvalue weighted by molar-refractivity contribution is 0.277. The van der Waals surface area contributed by atoms with Gasteiger partial charge in [0, 0.05) is 9.61 Å². The van der Waals surface area contributed by atoms with E-state index in [4.69, 9.17) is 4.74 Å². The molecule has 1 fully saturated rings. The molecular weight excluding hydrogens is 373 g/mol. The standard InChI is InChI=1S/C18H20INO/c19-16-7-3-14(4-8-16)12-15-5-9-18(10-6-15)21-13-17-2-1-11-20-17/h3-10,17,20H,1-2,11-13H2. The molecular formula is C18H20INO. The Labute approximate surface area is 140 Å². The van der Waals surface area contributed by atoms with Crippen molar-refractivity contribution in [2.45, 2.75) is 25.3 Å². The average Bonchev–Trinajstić information content (AvgIpc) is 3.02. The molecule has 0 saturated carbocycles. The molecule has 2 aromatic carbocycles. The van der Waals surface area contributed by atoms with Crippen molar-refractivity contribution < 1.29 is 4.74 Å². The maximum absolute atomic E-state index is 5.85. The summed E-state index contributed by atoms with van der Waals surface area (Å²) in [5.41, 5.74) is 2.67. The van der Waals surface area contributed by atoms with Crippen LogP contribution in [0.25, 0.3) is 0 Å². The zero-order valence-electron chi connectivity index (χ0n) is 12.0. The highest BCUT2D eigenvalue weighted by atomic mass is 127. The SMILES string of the molecule is Ic1ccc(Cc2ccc(OCC3CCCN3)cc2)cc1. The van der Waals surface area contributed by atoms with Crippen LogP contribution in [0, 0.1) is 3.57 Å². The summed E-state index contributed by atoms with van der Waals surface area (Å²) in [4.78, 5) is 0. The molecule has 1 aliphatic heterocycles. The number of hydrogen-bond donors (Lipinski definition) is 1. The lowest BCUT2D eigenvalue weighted by atomic mass is 10.1. The summed E-state index contributed by atoms with van der Waals surface area (Å²) in [7, 11) is 0. The van der Waals surface area contributed by atoms with Gasteiger partial charge < -0.3 is 10.1 Å². The van der Waals surface area contributed by atoms with Crippen molar-refractivity contribution in [1.29, 1.82) is 0 Å². The van der Waals surface area contributed by atoms with Crippen LogP contribution in [0.4, 0.5) is 0 Å². The quantitative estimate of drug-likeness (QED) is 0.776. The van der Waals surface area contributed by atoms with E-state index in [1.165, 1.54) is 27.5 Å². The smallest absolute Gasteiger partial charge is 0.119 e. The highest BCUT2D eigenvalue weighted by molar-refractivity contribution is 14.1. The molecule has 110 valence electrons. The van der Waals surface area contributed by atoms with Crippen molar-refractivity contribution in [2.24, 2.45) is 0 Å². The van der Waals surface area contributed by atoms with Gasteiger partial charge in [0.2, 0.25) is 0 Å². The van der Waals surface area contributed by atoms with Crippen LogP contribution in [0.3, 0.4) is 0 Å². The summed E-state index contributed by atoms with van der Waals surface area (Å²) in [6.07, 6.45) is 3.47. The first kappa shape index (κ1) is 14.9. The van der Waals surface area contributed by atoms with E-state index in [2.05, 4.69) is 76.4 Å². The maximum Gasteiger partial charge on any atom is 0.119 e. The third-order valence-corrected chi connectivity index (χ3v) is 4.58. The zero-order valence-corrected chi connectivity index (χ0v) is 14.2. The minimum Gasteiger partial charge on any atom is -0.492 e. The zero-order chi connectivity index (χ0) is 14.5. The molecule has 1 heterocycles. The van der Waals surface area contributed by atoms with Gasteiger partial charge in [0.05, 0.1) is 0 Å². The van der Waals surface area contributed by atoms with E-state index in [9.17, 15) is 0 Å². The van der Waals surface area contributed by atoms with Gasteiger partial charge in [-0.15, -0.1) is 0 Å². The Hall–Kier alpha value is -1.07. The van der Waals surface area contributed by atoms with Crippen molar-refractivity contribution in [3.63, 3.8) is 0 Å². The van der Waals surface area contributed by atoms with Crippen LogP contribution in [-0.4, -0.2) is 19.2 Å². The normalized spacial score (nSPS) is 17.9. The van der Waals surface area contributed by atoms with Crippen molar-refractivity contribution in [2.75, 3.05) is 13.2 Å². The third kappa shape index (κ3) is 4.45. The summed E-state index contributed by atoms with van der Waals surface area (Å²) in [6, 6.07) is 17.7. The van der Waals surface area contributed by atoms with Crippen LogP contribution in [0.5, 0.6) is 5.75 Å². The number of hydrogen-bond acceptors (Lipinski definition) is 2. The Bertz CT molecular complexity index is 559. The maximum atomic E-state index is 5.85. The van der Waals surface area contributed by atoms with Crippen LogP contribution in [0.15, 0.2) is 48.5 Å². The van der Waals surface area contributed by atoms with Gasteiger partial charge in [-0.3, -0.25) is 0 Å². The van der Waals surface area contributed by atoms with E-state index in [0.29, 0.717) is 6.04 Å². The fourth-order valence-corrected chi connectivity index (χ4v) is 3.00. The third-order valence-electron chi connectivity index (χ3n) is 3.86. The summed E-state index contributed by atoms with van der Waals surface area (Å²) in [6.45, 7) is 1.90. The molecule has 0 aliphatic carbocycles. The minimum absolute atomic E-state index is 0.525. The largest absolute Gasteiger partial charge is 0.492 e. The van der Waals surface area contributed by atoms with Crippen LogP contribution in [-0.2, 0) is 6.42 Å².